The van der Waals surface area contributed by atoms with Crippen LogP contribution >= 0.6 is 0 Å². The Morgan fingerprint density at radius 1 is 1.22 bits per heavy atom. The summed E-state index contributed by atoms with van der Waals surface area (Å²) in [6.45, 7) is 7.54. The minimum Gasteiger partial charge on any atom is -0.336 e. The molecule has 0 saturated heterocycles. The van der Waals surface area contributed by atoms with Crippen LogP contribution in [0.1, 0.15) is 19.4 Å². The zero-order chi connectivity index (χ0) is 12.8. The maximum Gasteiger partial charge on any atom is 0.0946 e. The van der Waals surface area contributed by atoms with Crippen molar-refractivity contribution in [2.75, 3.05) is 6.54 Å². The second kappa shape index (κ2) is 6.36. The van der Waals surface area contributed by atoms with E-state index in [1.165, 1.54) is 5.56 Å². The second-order valence-electron chi connectivity index (χ2n) is 4.85. The molecule has 3 nitrogen and oxygen atoms in total. The van der Waals surface area contributed by atoms with Crippen LogP contribution in [0, 0.1) is 0 Å². The summed E-state index contributed by atoms with van der Waals surface area (Å²) in [5.74, 6) is 0. The molecule has 0 bridgehead atoms. The van der Waals surface area contributed by atoms with E-state index in [2.05, 4.69) is 58.6 Å². The Labute approximate surface area is 109 Å². The highest BCUT2D eigenvalue weighted by molar-refractivity contribution is 5.14. The largest absolute Gasteiger partial charge is 0.336 e. The van der Waals surface area contributed by atoms with Crippen LogP contribution in [0.4, 0.5) is 0 Å². The molecule has 0 N–H and O–H groups in total. The van der Waals surface area contributed by atoms with E-state index in [9.17, 15) is 0 Å². The van der Waals surface area contributed by atoms with Crippen molar-refractivity contribution in [1.82, 2.24) is 14.5 Å². The van der Waals surface area contributed by atoms with E-state index >= 15 is 0 Å². The Bertz CT molecular complexity index is 434. The molecule has 1 aromatic heterocycles. The molecule has 0 radical (unpaired) electrons. The Kier molecular flexibility index (Phi) is 4.53. The Morgan fingerprint density at radius 2 is 2.00 bits per heavy atom. The molecule has 0 atom stereocenters. The lowest BCUT2D eigenvalue weighted by atomic mass is 10.2. The number of hydrogen-bond donors (Lipinski definition) is 0. The van der Waals surface area contributed by atoms with E-state index in [0.29, 0.717) is 6.04 Å². The molecule has 0 fully saturated rings. The minimum atomic E-state index is 0.550. The Hall–Kier alpha value is -1.61. The highest BCUT2D eigenvalue weighted by Crippen LogP contribution is 2.08. The van der Waals surface area contributed by atoms with Gasteiger partial charge in [-0.1, -0.05) is 30.3 Å². The van der Waals surface area contributed by atoms with Gasteiger partial charge in [-0.05, 0) is 19.4 Å². The first-order chi connectivity index (χ1) is 8.75. The SMILES string of the molecule is CC(C)N(CCn1ccnc1)Cc1ccccc1. The van der Waals surface area contributed by atoms with Gasteiger partial charge >= 0.3 is 0 Å². The van der Waals surface area contributed by atoms with Gasteiger partial charge in [0, 0.05) is 38.1 Å². The highest BCUT2D eigenvalue weighted by Gasteiger charge is 2.09. The summed E-state index contributed by atoms with van der Waals surface area (Å²) in [4.78, 5) is 6.55. The van der Waals surface area contributed by atoms with E-state index in [0.717, 1.165) is 19.6 Å². The van der Waals surface area contributed by atoms with Gasteiger partial charge in [0.25, 0.3) is 0 Å². The zero-order valence-corrected chi connectivity index (χ0v) is 11.2. The summed E-state index contributed by atoms with van der Waals surface area (Å²) in [5, 5.41) is 0. The lowest BCUT2D eigenvalue weighted by molar-refractivity contribution is 0.204. The van der Waals surface area contributed by atoms with Gasteiger partial charge in [-0.25, -0.2) is 4.98 Å². The van der Waals surface area contributed by atoms with Crippen molar-refractivity contribution in [3.05, 3.63) is 54.6 Å². The molecule has 0 aliphatic heterocycles. The van der Waals surface area contributed by atoms with Gasteiger partial charge in [-0.15, -0.1) is 0 Å². The van der Waals surface area contributed by atoms with E-state index in [1.54, 1.807) is 0 Å². The van der Waals surface area contributed by atoms with Gasteiger partial charge in [0.2, 0.25) is 0 Å². The molecule has 1 heterocycles. The standard InChI is InChI=1S/C15H21N3/c1-14(2)18(11-10-17-9-8-16-13-17)12-15-6-4-3-5-7-15/h3-9,13-14H,10-12H2,1-2H3. The minimum absolute atomic E-state index is 0.550. The average Bonchev–Trinajstić information content (AvgIpc) is 2.88. The van der Waals surface area contributed by atoms with Crippen molar-refractivity contribution in [1.29, 1.82) is 0 Å². The van der Waals surface area contributed by atoms with Gasteiger partial charge in [0.1, 0.15) is 0 Å². The highest BCUT2D eigenvalue weighted by atomic mass is 15.2. The molecule has 1 aromatic carbocycles. The lowest BCUT2D eigenvalue weighted by Gasteiger charge is -2.26. The summed E-state index contributed by atoms with van der Waals surface area (Å²) in [6.07, 6.45) is 5.72. The Morgan fingerprint density at radius 3 is 2.61 bits per heavy atom. The molecule has 18 heavy (non-hydrogen) atoms. The lowest BCUT2D eigenvalue weighted by Crippen LogP contribution is -2.33. The molecule has 2 rings (SSSR count). The third kappa shape index (κ3) is 3.70. The molecule has 0 saturated carbocycles. The van der Waals surface area contributed by atoms with E-state index in [4.69, 9.17) is 0 Å². The number of nitrogens with zero attached hydrogens (tertiary/aromatic N) is 3. The molecule has 2 aromatic rings. The first-order valence-corrected chi connectivity index (χ1v) is 6.49. The fourth-order valence-electron chi connectivity index (χ4n) is 2.00. The predicted molar refractivity (Wildman–Crippen MR) is 74.2 cm³/mol. The quantitative estimate of drug-likeness (QED) is 0.778. The predicted octanol–water partition coefficient (Wildman–Crippen LogP) is 2.79. The van der Waals surface area contributed by atoms with Gasteiger partial charge < -0.3 is 4.57 Å². The van der Waals surface area contributed by atoms with Crippen LogP contribution in [0.2, 0.25) is 0 Å². The molecule has 0 aliphatic carbocycles. The topological polar surface area (TPSA) is 21.1 Å². The number of hydrogen-bond acceptors (Lipinski definition) is 2. The summed E-state index contributed by atoms with van der Waals surface area (Å²) in [7, 11) is 0. The smallest absolute Gasteiger partial charge is 0.0946 e. The fraction of sp³-hybridized carbons (Fsp3) is 0.400. The van der Waals surface area contributed by atoms with Crippen LogP contribution in [-0.4, -0.2) is 27.0 Å². The summed E-state index contributed by atoms with van der Waals surface area (Å²) in [6, 6.07) is 11.2. The fourth-order valence-corrected chi connectivity index (χ4v) is 2.00. The van der Waals surface area contributed by atoms with Crippen LogP contribution in [0.25, 0.3) is 0 Å². The first kappa shape index (κ1) is 12.8. The third-order valence-corrected chi connectivity index (χ3v) is 3.16. The molecule has 0 unspecified atom stereocenters. The average molecular weight is 243 g/mol. The second-order valence-corrected chi connectivity index (χ2v) is 4.85. The van der Waals surface area contributed by atoms with Crippen LogP contribution in [0.3, 0.4) is 0 Å². The third-order valence-electron chi connectivity index (χ3n) is 3.16. The maximum absolute atomic E-state index is 4.07. The molecule has 0 aliphatic rings. The first-order valence-electron chi connectivity index (χ1n) is 6.49. The summed E-state index contributed by atoms with van der Waals surface area (Å²) in [5.41, 5.74) is 1.37. The summed E-state index contributed by atoms with van der Waals surface area (Å²) >= 11 is 0. The molecule has 0 amide bonds. The van der Waals surface area contributed by atoms with Crippen LogP contribution in [0.5, 0.6) is 0 Å². The van der Waals surface area contributed by atoms with Crippen LogP contribution < -0.4 is 0 Å². The molecular weight excluding hydrogens is 222 g/mol. The van der Waals surface area contributed by atoms with E-state index in [-0.39, 0.29) is 0 Å². The van der Waals surface area contributed by atoms with Crippen molar-refractivity contribution < 1.29 is 0 Å². The molecule has 96 valence electrons. The number of imidazole rings is 1. The van der Waals surface area contributed by atoms with Gasteiger partial charge in [-0.3, -0.25) is 4.90 Å². The van der Waals surface area contributed by atoms with Crippen molar-refractivity contribution >= 4 is 0 Å². The molecule has 3 heteroatoms. The molecule has 0 spiro atoms. The van der Waals surface area contributed by atoms with E-state index in [1.807, 2.05) is 18.7 Å². The van der Waals surface area contributed by atoms with Crippen molar-refractivity contribution in [3.8, 4) is 0 Å². The van der Waals surface area contributed by atoms with Crippen molar-refractivity contribution in [2.24, 2.45) is 0 Å². The van der Waals surface area contributed by atoms with Crippen molar-refractivity contribution in [3.63, 3.8) is 0 Å². The molecular formula is C15H21N3. The zero-order valence-electron chi connectivity index (χ0n) is 11.2. The number of benzene rings is 1. The van der Waals surface area contributed by atoms with Crippen LogP contribution in [0.15, 0.2) is 49.1 Å². The van der Waals surface area contributed by atoms with Gasteiger partial charge in [0.05, 0.1) is 6.33 Å². The Balaban J connectivity index is 1.92. The van der Waals surface area contributed by atoms with Gasteiger partial charge in [-0.2, -0.15) is 0 Å². The summed E-state index contributed by atoms with van der Waals surface area (Å²) < 4.78 is 2.13. The number of aromatic nitrogens is 2. The monoisotopic (exact) mass is 243 g/mol. The normalized spacial score (nSPS) is 11.3. The van der Waals surface area contributed by atoms with E-state index < -0.39 is 0 Å². The van der Waals surface area contributed by atoms with Crippen LogP contribution in [-0.2, 0) is 13.1 Å². The van der Waals surface area contributed by atoms with Crippen molar-refractivity contribution in [2.45, 2.75) is 33.0 Å². The van der Waals surface area contributed by atoms with Gasteiger partial charge in [0.15, 0.2) is 0 Å². The number of rotatable bonds is 6. The maximum atomic E-state index is 4.07.